The predicted molar refractivity (Wildman–Crippen MR) is 122 cm³/mol. The molecule has 1 saturated carbocycles. The first kappa shape index (κ1) is 22.0. The minimum atomic E-state index is -0.788. The summed E-state index contributed by atoms with van der Waals surface area (Å²) in [5.74, 6) is 0.172. The molecule has 0 aliphatic heterocycles. The van der Waals surface area contributed by atoms with Crippen molar-refractivity contribution in [2.75, 3.05) is 32.7 Å². The molecule has 0 saturated heterocycles. The van der Waals surface area contributed by atoms with Gasteiger partial charge in [-0.2, -0.15) is 0 Å². The summed E-state index contributed by atoms with van der Waals surface area (Å²) >= 11 is 6.44. The molecular weight excluding hydrogens is 416 g/mol. The van der Waals surface area contributed by atoms with Gasteiger partial charge in [0, 0.05) is 36.3 Å². The van der Waals surface area contributed by atoms with E-state index in [0.29, 0.717) is 37.1 Å². The molecule has 166 valence electrons. The molecule has 1 aliphatic rings. The number of halogens is 1. The molecule has 3 aromatic rings. The Labute approximate surface area is 187 Å². The van der Waals surface area contributed by atoms with Crippen LogP contribution in [0.4, 0.5) is 5.95 Å². The molecular formula is C23H29ClN4O3. The number of methoxy groups -OCH3 is 1. The van der Waals surface area contributed by atoms with Gasteiger partial charge in [0.15, 0.2) is 0 Å². The average molecular weight is 445 g/mol. The van der Waals surface area contributed by atoms with Gasteiger partial charge in [0.25, 0.3) is 0 Å². The highest BCUT2D eigenvalue weighted by atomic mass is 35.5. The highest BCUT2D eigenvalue weighted by Crippen LogP contribution is 2.40. The number of aliphatic hydroxyl groups is 1. The summed E-state index contributed by atoms with van der Waals surface area (Å²) in [4.78, 5) is 8.39. The molecule has 7 nitrogen and oxygen atoms in total. The minimum Gasteiger partial charge on any atom is -0.385 e. The number of benzene rings is 1. The number of aromatic nitrogens is 3. The number of rotatable bonds is 8. The van der Waals surface area contributed by atoms with Crippen LogP contribution in [0.25, 0.3) is 22.2 Å². The van der Waals surface area contributed by atoms with Crippen molar-refractivity contribution < 1.29 is 14.6 Å². The Morgan fingerprint density at radius 2 is 2.00 bits per heavy atom. The molecule has 1 aromatic carbocycles. The summed E-state index contributed by atoms with van der Waals surface area (Å²) < 4.78 is 12.8. The second-order valence-electron chi connectivity index (χ2n) is 8.09. The van der Waals surface area contributed by atoms with Crippen molar-refractivity contribution >= 4 is 28.5 Å². The van der Waals surface area contributed by atoms with Gasteiger partial charge in [-0.25, -0.2) is 9.97 Å². The summed E-state index contributed by atoms with van der Waals surface area (Å²) in [6.45, 7) is 2.34. The quantitative estimate of drug-likeness (QED) is 0.507. The first-order valence-electron chi connectivity index (χ1n) is 10.7. The van der Waals surface area contributed by atoms with E-state index in [1.54, 1.807) is 7.11 Å². The van der Waals surface area contributed by atoms with Crippen molar-refractivity contribution in [3.8, 4) is 11.3 Å². The Morgan fingerprint density at radius 1 is 1.19 bits per heavy atom. The number of fused-ring (bicyclic) bond motifs is 1. The number of hydrogen-bond acceptors (Lipinski definition) is 6. The molecule has 4 rings (SSSR count). The zero-order valence-electron chi connectivity index (χ0n) is 17.8. The van der Waals surface area contributed by atoms with E-state index >= 15 is 0 Å². The van der Waals surface area contributed by atoms with Gasteiger partial charge in [-0.1, -0.05) is 36.9 Å². The van der Waals surface area contributed by atoms with Gasteiger partial charge >= 0.3 is 0 Å². The van der Waals surface area contributed by atoms with E-state index in [2.05, 4.69) is 26.7 Å². The van der Waals surface area contributed by atoms with Crippen LogP contribution in [0.15, 0.2) is 30.6 Å². The molecule has 0 atom stereocenters. The number of hydrogen-bond donors (Lipinski definition) is 2. The Balaban J connectivity index is 1.76. The Morgan fingerprint density at radius 3 is 2.77 bits per heavy atom. The lowest BCUT2D eigenvalue weighted by Gasteiger charge is -2.32. The molecule has 0 spiro atoms. The lowest BCUT2D eigenvalue weighted by molar-refractivity contribution is -0.000509. The molecule has 0 bridgehead atoms. The molecule has 2 heterocycles. The van der Waals surface area contributed by atoms with Crippen LogP contribution in [-0.2, 0) is 21.6 Å². The molecule has 8 heteroatoms. The van der Waals surface area contributed by atoms with Crippen LogP contribution in [0, 0.1) is 0 Å². The van der Waals surface area contributed by atoms with Gasteiger partial charge in [-0.3, -0.25) is 0 Å². The van der Waals surface area contributed by atoms with E-state index in [1.165, 1.54) is 12.6 Å². The summed E-state index contributed by atoms with van der Waals surface area (Å²) in [6.07, 6.45) is 8.35. The molecule has 1 fully saturated rings. The smallest absolute Gasteiger partial charge is 0.220 e. The largest absolute Gasteiger partial charge is 0.385 e. The number of nitrogens with zero attached hydrogens (tertiary/aromatic N) is 3. The molecule has 3 N–H and O–H groups in total. The topological polar surface area (TPSA) is 95.4 Å². The van der Waals surface area contributed by atoms with Crippen LogP contribution < -0.4 is 5.73 Å². The van der Waals surface area contributed by atoms with Crippen LogP contribution in [0.3, 0.4) is 0 Å². The average Bonchev–Trinajstić information content (AvgIpc) is 3.13. The maximum atomic E-state index is 11.3. The van der Waals surface area contributed by atoms with Gasteiger partial charge in [-0.15, -0.1) is 0 Å². The first-order chi connectivity index (χ1) is 15.0. The highest BCUT2D eigenvalue weighted by Gasteiger charge is 2.31. The molecule has 0 unspecified atom stereocenters. The number of anilines is 1. The molecule has 1 aliphatic carbocycles. The number of nitrogen functional groups attached to an aromatic ring is 1. The fourth-order valence-electron chi connectivity index (χ4n) is 4.36. The van der Waals surface area contributed by atoms with E-state index < -0.39 is 5.60 Å². The molecule has 0 radical (unpaired) electrons. The third kappa shape index (κ3) is 4.70. The van der Waals surface area contributed by atoms with Crippen molar-refractivity contribution in [1.82, 2.24) is 14.5 Å². The van der Waals surface area contributed by atoms with Gasteiger partial charge in [0.2, 0.25) is 5.95 Å². The minimum absolute atomic E-state index is 0.172. The van der Waals surface area contributed by atoms with E-state index in [4.69, 9.17) is 26.8 Å². The summed E-state index contributed by atoms with van der Waals surface area (Å²) in [5, 5.41) is 12.7. The van der Waals surface area contributed by atoms with Crippen LogP contribution >= 0.6 is 11.6 Å². The second-order valence-corrected chi connectivity index (χ2v) is 8.50. The van der Waals surface area contributed by atoms with Gasteiger partial charge in [-0.05, 0) is 30.5 Å². The highest BCUT2D eigenvalue weighted by molar-refractivity contribution is 6.33. The zero-order valence-corrected chi connectivity index (χ0v) is 18.6. The Hall–Kier alpha value is -2.19. The van der Waals surface area contributed by atoms with Crippen molar-refractivity contribution in [3.05, 3.63) is 41.2 Å². The standard InChI is InChI=1S/C23H29ClN4O3/c1-30-11-12-31-10-9-28-15-18(21-19(24)14-26-22(25)27-21)17-13-16(5-6-20(17)28)23(29)7-3-2-4-8-23/h5-6,13-15,29H,2-4,7-12H2,1H3,(H2,25,26,27). The zero-order chi connectivity index (χ0) is 21.8. The lowest BCUT2D eigenvalue weighted by atomic mass is 9.79. The van der Waals surface area contributed by atoms with Gasteiger partial charge in [0.1, 0.15) is 0 Å². The second kappa shape index (κ2) is 9.53. The summed E-state index contributed by atoms with van der Waals surface area (Å²) in [6, 6.07) is 6.18. The predicted octanol–water partition coefficient (Wildman–Crippen LogP) is 4.15. The van der Waals surface area contributed by atoms with Crippen LogP contribution in [0.2, 0.25) is 5.02 Å². The number of nitrogens with two attached hydrogens (primary N) is 1. The van der Waals surface area contributed by atoms with Gasteiger partial charge in [0.05, 0.1) is 42.3 Å². The van der Waals surface area contributed by atoms with Gasteiger partial charge < -0.3 is 24.9 Å². The maximum absolute atomic E-state index is 11.3. The maximum Gasteiger partial charge on any atom is 0.220 e. The van der Waals surface area contributed by atoms with E-state index in [1.807, 2.05) is 12.3 Å². The van der Waals surface area contributed by atoms with Crippen molar-refractivity contribution in [2.24, 2.45) is 0 Å². The molecule has 0 amide bonds. The van der Waals surface area contributed by atoms with Crippen LogP contribution in [-0.4, -0.2) is 46.6 Å². The van der Waals surface area contributed by atoms with E-state index in [0.717, 1.165) is 47.7 Å². The fraction of sp³-hybridized carbons (Fsp3) is 0.478. The van der Waals surface area contributed by atoms with Crippen LogP contribution in [0.1, 0.15) is 37.7 Å². The van der Waals surface area contributed by atoms with Crippen molar-refractivity contribution in [2.45, 2.75) is 44.2 Å². The lowest BCUT2D eigenvalue weighted by Crippen LogP contribution is -2.28. The first-order valence-corrected chi connectivity index (χ1v) is 11.1. The number of ether oxygens (including phenoxy) is 2. The van der Waals surface area contributed by atoms with E-state index in [9.17, 15) is 5.11 Å². The van der Waals surface area contributed by atoms with E-state index in [-0.39, 0.29) is 5.95 Å². The Kier molecular flexibility index (Phi) is 6.77. The third-order valence-electron chi connectivity index (χ3n) is 6.03. The third-order valence-corrected chi connectivity index (χ3v) is 6.30. The fourth-order valence-corrected chi connectivity index (χ4v) is 4.56. The summed E-state index contributed by atoms with van der Waals surface area (Å²) in [7, 11) is 1.66. The Bertz CT molecular complexity index is 1050. The molecule has 31 heavy (non-hydrogen) atoms. The van der Waals surface area contributed by atoms with Crippen molar-refractivity contribution in [3.63, 3.8) is 0 Å². The summed E-state index contributed by atoms with van der Waals surface area (Å²) in [5.41, 5.74) is 8.49. The SMILES string of the molecule is COCCOCCn1cc(-c2nc(N)ncc2Cl)c2cc(C3(O)CCCCC3)ccc21. The molecule has 2 aromatic heterocycles. The van der Waals surface area contributed by atoms with Crippen molar-refractivity contribution in [1.29, 1.82) is 0 Å². The normalized spacial score (nSPS) is 16.1. The van der Waals surface area contributed by atoms with Crippen LogP contribution in [0.5, 0.6) is 0 Å². The monoisotopic (exact) mass is 444 g/mol.